The van der Waals surface area contributed by atoms with Crippen LogP contribution >= 0.6 is 11.6 Å². The highest BCUT2D eigenvalue weighted by molar-refractivity contribution is 7.92. The maximum atomic E-state index is 12.5. The van der Waals surface area contributed by atoms with Crippen LogP contribution in [-0.4, -0.2) is 25.0 Å². The molecule has 0 saturated carbocycles. The summed E-state index contributed by atoms with van der Waals surface area (Å²) in [7, 11) is -3.77. The first-order valence-corrected chi connectivity index (χ1v) is 10.4. The molecule has 0 fully saturated rings. The third kappa shape index (κ3) is 4.90. The van der Waals surface area contributed by atoms with Gasteiger partial charge in [0.1, 0.15) is 16.5 Å². The van der Waals surface area contributed by atoms with Crippen LogP contribution in [-0.2, 0) is 10.0 Å². The zero-order chi connectivity index (χ0) is 20.1. The highest BCUT2D eigenvalue weighted by atomic mass is 35.5. The minimum absolute atomic E-state index is 0.0267. The number of hydrogen-bond donors (Lipinski definition) is 2. The van der Waals surface area contributed by atoms with Crippen LogP contribution in [0.3, 0.4) is 0 Å². The number of ether oxygens (including phenoxy) is 1. The lowest BCUT2D eigenvalue weighted by Crippen LogP contribution is -2.13. The smallest absolute Gasteiger partial charge is 0.263 e. The molecule has 0 aliphatic carbocycles. The molecule has 0 bridgehead atoms. The molecule has 3 rings (SSSR count). The highest BCUT2D eigenvalue weighted by Crippen LogP contribution is 2.25. The number of nitrogens with zero attached hydrogens (tertiary/aromatic N) is 2. The van der Waals surface area contributed by atoms with Gasteiger partial charge < -0.3 is 10.1 Å². The standard InChI is InChI=1S/C19H19ClN4O3S/c1-3-27-19-12-18(21-13(2)22-19)23-14-8-10-15(11-9-14)24-28(25,26)17-7-5-4-6-16(17)20/h4-12,24H,3H2,1-2H3,(H,21,22,23). The van der Waals surface area contributed by atoms with Crippen LogP contribution in [0.4, 0.5) is 17.2 Å². The summed E-state index contributed by atoms with van der Waals surface area (Å²) in [6.07, 6.45) is 0. The molecule has 0 spiro atoms. The second kappa shape index (κ2) is 8.45. The van der Waals surface area contributed by atoms with Crippen molar-refractivity contribution in [1.29, 1.82) is 0 Å². The van der Waals surface area contributed by atoms with Gasteiger partial charge in [0.15, 0.2) is 0 Å². The lowest BCUT2D eigenvalue weighted by molar-refractivity contribution is 0.325. The summed E-state index contributed by atoms with van der Waals surface area (Å²) in [5.41, 5.74) is 1.15. The molecule has 0 atom stereocenters. The summed E-state index contributed by atoms with van der Waals surface area (Å²) in [5, 5.41) is 3.31. The van der Waals surface area contributed by atoms with E-state index in [4.69, 9.17) is 16.3 Å². The molecule has 9 heteroatoms. The van der Waals surface area contributed by atoms with Gasteiger partial charge >= 0.3 is 0 Å². The highest BCUT2D eigenvalue weighted by Gasteiger charge is 2.17. The molecule has 146 valence electrons. The lowest BCUT2D eigenvalue weighted by atomic mass is 10.3. The summed E-state index contributed by atoms with van der Waals surface area (Å²) in [5.74, 6) is 1.65. The van der Waals surface area contributed by atoms with Crippen molar-refractivity contribution in [2.45, 2.75) is 18.7 Å². The van der Waals surface area contributed by atoms with Gasteiger partial charge in [0.25, 0.3) is 10.0 Å². The van der Waals surface area contributed by atoms with E-state index in [2.05, 4.69) is 20.0 Å². The van der Waals surface area contributed by atoms with Gasteiger partial charge in [0.05, 0.1) is 11.6 Å². The third-order valence-corrected chi connectivity index (χ3v) is 5.52. The van der Waals surface area contributed by atoms with Gasteiger partial charge in [-0.25, -0.2) is 13.4 Å². The molecule has 0 unspecified atom stereocenters. The van der Waals surface area contributed by atoms with E-state index >= 15 is 0 Å². The Kier molecular flexibility index (Phi) is 6.01. The first-order valence-electron chi connectivity index (χ1n) is 8.50. The molecule has 1 heterocycles. The van der Waals surface area contributed by atoms with Crippen molar-refractivity contribution < 1.29 is 13.2 Å². The summed E-state index contributed by atoms with van der Waals surface area (Å²) in [4.78, 5) is 8.54. The van der Waals surface area contributed by atoms with Gasteiger partial charge in [0, 0.05) is 17.4 Å². The van der Waals surface area contributed by atoms with E-state index in [0.717, 1.165) is 5.69 Å². The molecule has 0 aliphatic rings. The van der Waals surface area contributed by atoms with Crippen molar-refractivity contribution in [2.24, 2.45) is 0 Å². The molecule has 7 nitrogen and oxygen atoms in total. The summed E-state index contributed by atoms with van der Waals surface area (Å²) >= 11 is 5.99. The van der Waals surface area contributed by atoms with E-state index < -0.39 is 10.0 Å². The maximum absolute atomic E-state index is 12.5. The fraction of sp³-hybridized carbons (Fsp3) is 0.158. The first kappa shape index (κ1) is 19.9. The number of sulfonamides is 1. The minimum atomic E-state index is -3.77. The third-order valence-electron chi connectivity index (χ3n) is 3.64. The van der Waals surface area contributed by atoms with Crippen LogP contribution in [0.2, 0.25) is 5.02 Å². The maximum Gasteiger partial charge on any atom is 0.263 e. The molecule has 0 radical (unpaired) electrons. The predicted octanol–water partition coefficient (Wildman–Crippen LogP) is 4.38. The molecule has 3 aromatic rings. The van der Waals surface area contributed by atoms with Crippen LogP contribution in [0.1, 0.15) is 12.7 Å². The molecule has 1 aromatic heterocycles. The summed E-state index contributed by atoms with van der Waals surface area (Å²) < 4.78 is 32.9. The van der Waals surface area contributed by atoms with Crippen LogP contribution in [0.5, 0.6) is 5.88 Å². The Hall–Kier alpha value is -2.84. The Balaban J connectivity index is 1.75. The zero-order valence-corrected chi connectivity index (χ0v) is 16.9. The molecule has 28 heavy (non-hydrogen) atoms. The number of aryl methyl sites for hydroxylation is 1. The predicted molar refractivity (Wildman–Crippen MR) is 110 cm³/mol. The van der Waals surface area contributed by atoms with Crippen molar-refractivity contribution in [3.8, 4) is 5.88 Å². The van der Waals surface area contributed by atoms with Crippen LogP contribution in [0.25, 0.3) is 0 Å². The van der Waals surface area contributed by atoms with E-state index in [1.54, 1.807) is 49.4 Å². The second-order valence-electron chi connectivity index (χ2n) is 5.81. The number of anilines is 3. The van der Waals surface area contributed by atoms with E-state index in [-0.39, 0.29) is 9.92 Å². The second-order valence-corrected chi connectivity index (χ2v) is 7.87. The van der Waals surface area contributed by atoms with Crippen molar-refractivity contribution in [3.05, 3.63) is 65.4 Å². The van der Waals surface area contributed by atoms with Gasteiger partial charge in [-0.3, -0.25) is 4.72 Å². The SMILES string of the molecule is CCOc1cc(Nc2ccc(NS(=O)(=O)c3ccccc3Cl)cc2)nc(C)n1. The average Bonchev–Trinajstić information content (AvgIpc) is 2.63. The molecule has 0 aliphatic heterocycles. The summed E-state index contributed by atoms with van der Waals surface area (Å²) in [6.45, 7) is 4.17. The number of benzene rings is 2. The van der Waals surface area contributed by atoms with E-state index in [0.29, 0.717) is 29.8 Å². The topological polar surface area (TPSA) is 93.2 Å². The van der Waals surface area contributed by atoms with Crippen LogP contribution in [0, 0.1) is 6.92 Å². The molecule has 0 amide bonds. The Morgan fingerprint density at radius 3 is 2.39 bits per heavy atom. The molecular weight excluding hydrogens is 400 g/mol. The Labute approximate surface area is 168 Å². The number of nitrogens with one attached hydrogen (secondary N) is 2. The average molecular weight is 419 g/mol. The van der Waals surface area contributed by atoms with Crippen molar-refractivity contribution in [3.63, 3.8) is 0 Å². The Morgan fingerprint density at radius 1 is 1.04 bits per heavy atom. The lowest BCUT2D eigenvalue weighted by Gasteiger charge is -2.11. The molecule has 2 aromatic carbocycles. The van der Waals surface area contributed by atoms with Crippen molar-refractivity contribution in [1.82, 2.24) is 9.97 Å². The zero-order valence-electron chi connectivity index (χ0n) is 15.3. The van der Waals surface area contributed by atoms with Crippen molar-refractivity contribution in [2.75, 3.05) is 16.6 Å². The van der Waals surface area contributed by atoms with Gasteiger partial charge in [-0.1, -0.05) is 23.7 Å². The molecule has 2 N–H and O–H groups in total. The van der Waals surface area contributed by atoms with E-state index in [9.17, 15) is 8.42 Å². The quantitative estimate of drug-likeness (QED) is 0.591. The minimum Gasteiger partial charge on any atom is -0.478 e. The Bertz CT molecular complexity index is 1070. The van der Waals surface area contributed by atoms with E-state index in [1.165, 1.54) is 12.1 Å². The fourth-order valence-corrected chi connectivity index (χ4v) is 4.05. The van der Waals surface area contributed by atoms with Gasteiger partial charge in [-0.15, -0.1) is 0 Å². The Morgan fingerprint density at radius 2 is 1.71 bits per heavy atom. The monoisotopic (exact) mass is 418 g/mol. The number of halogens is 1. The van der Waals surface area contributed by atoms with Gasteiger partial charge in [-0.05, 0) is 50.2 Å². The largest absolute Gasteiger partial charge is 0.478 e. The molecular formula is C19H19ClN4O3S. The summed E-state index contributed by atoms with van der Waals surface area (Å²) in [6, 6.07) is 14.7. The van der Waals surface area contributed by atoms with E-state index in [1.807, 2.05) is 6.92 Å². The first-order chi connectivity index (χ1) is 13.4. The number of rotatable bonds is 7. The fourth-order valence-electron chi connectivity index (χ4n) is 2.47. The van der Waals surface area contributed by atoms with Crippen LogP contribution < -0.4 is 14.8 Å². The van der Waals surface area contributed by atoms with Crippen molar-refractivity contribution >= 4 is 38.8 Å². The van der Waals surface area contributed by atoms with Gasteiger partial charge in [0.2, 0.25) is 5.88 Å². The van der Waals surface area contributed by atoms with Crippen LogP contribution in [0.15, 0.2) is 59.5 Å². The molecule has 0 saturated heterocycles. The number of hydrogen-bond acceptors (Lipinski definition) is 6. The van der Waals surface area contributed by atoms with Gasteiger partial charge in [-0.2, -0.15) is 4.98 Å². The number of aromatic nitrogens is 2. The normalized spacial score (nSPS) is 11.1.